The highest BCUT2D eigenvalue weighted by Gasteiger charge is 2.21. The van der Waals surface area contributed by atoms with Crippen molar-refractivity contribution in [1.82, 2.24) is 0 Å². The Morgan fingerprint density at radius 3 is 1.56 bits per heavy atom. The fourth-order valence-electron chi connectivity index (χ4n) is 2.58. The van der Waals surface area contributed by atoms with Crippen LogP contribution in [0.15, 0.2) is 5.11 Å². The molecule has 16 heavy (non-hydrogen) atoms. The van der Waals surface area contributed by atoms with E-state index in [2.05, 4.69) is 16.9 Å². The van der Waals surface area contributed by atoms with Crippen LogP contribution in [0.5, 0.6) is 0 Å². The van der Waals surface area contributed by atoms with E-state index in [1.807, 2.05) is 0 Å². The molecular weight excluding hydrogens is 198 g/mol. The lowest BCUT2D eigenvalue weighted by atomic mass is 9.88. The largest absolute Gasteiger partial charge is 0.0876 e. The first-order valence-corrected chi connectivity index (χ1v) is 6.83. The summed E-state index contributed by atoms with van der Waals surface area (Å²) < 4.78 is 0. The molecule has 1 rings (SSSR count). The van der Waals surface area contributed by atoms with Gasteiger partial charge in [-0.2, -0.15) is 0 Å². The predicted molar refractivity (Wildman–Crippen MR) is 68.3 cm³/mol. The molecule has 0 bridgehead atoms. The minimum Gasteiger partial charge on any atom is -0.0876 e. The minimum absolute atomic E-state index is 0.117. The van der Waals surface area contributed by atoms with Gasteiger partial charge in [0.1, 0.15) is 0 Å². The van der Waals surface area contributed by atoms with Crippen molar-refractivity contribution < 1.29 is 0 Å². The van der Waals surface area contributed by atoms with Gasteiger partial charge in [-0.25, -0.2) is 0 Å². The third-order valence-electron chi connectivity index (χ3n) is 3.72. The first-order valence-electron chi connectivity index (χ1n) is 6.83. The van der Waals surface area contributed by atoms with E-state index in [0.717, 1.165) is 12.8 Å². The van der Waals surface area contributed by atoms with Gasteiger partial charge in [-0.05, 0) is 18.4 Å². The lowest BCUT2D eigenvalue weighted by Crippen LogP contribution is -2.21. The Bertz CT molecular complexity index is 219. The summed E-state index contributed by atoms with van der Waals surface area (Å²) in [5.74, 6) is 0. The van der Waals surface area contributed by atoms with Gasteiger partial charge in [0.2, 0.25) is 0 Å². The Labute approximate surface area is 99.2 Å². The van der Waals surface area contributed by atoms with E-state index in [1.54, 1.807) is 0 Å². The third-order valence-corrected chi connectivity index (χ3v) is 3.72. The van der Waals surface area contributed by atoms with Crippen molar-refractivity contribution in [3.05, 3.63) is 10.4 Å². The lowest BCUT2D eigenvalue weighted by molar-refractivity contribution is 0.357. The normalized spacial score (nSPS) is 23.6. The summed E-state index contributed by atoms with van der Waals surface area (Å²) in [6, 6.07) is 0. The molecule has 0 aromatic carbocycles. The summed E-state index contributed by atoms with van der Waals surface area (Å²) in [5.41, 5.74) is 8.51. The summed E-state index contributed by atoms with van der Waals surface area (Å²) in [4.78, 5) is 3.02. The first kappa shape index (κ1) is 13.4. The molecule has 0 aliphatic heterocycles. The fraction of sp³-hybridized carbons (Fsp3) is 1.00. The summed E-state index contributed by atoms with van der Waals surface area (Å²) in [6.45, 7) is 2.12. The van der Waals surface area contributed by atoms with Crippen molar-refractivity contribution in [1.29, 1.82) is 0 Å². The van der Waals surface area contributed by atoms with Gasteiger partial charge in [-0.3, -0.25) is 0 Å². The van der Waals surface area contributed by atoms with Gasteiger partial charge in [0, 0.05) is 10.5 Å². The van der Waals surface area contributed by atoms with E-state index in [0.29, 0.717) is 0 Å². The average Bonchev–Trinajstić information content (AvgIpc) is 2.24. The van der Waals surface area contributed by atoms with Crippen LogP contribution in [0.4, 0.5) is 0 Å². The number of azide groups is 1. The van der Waals surface area contributed by atoms with Crippen LogP contribution in [0.3, 0.4) is 0 Å². The Morgan fingerprint density at radius 1 is 0.812 bits per heavy atom. The van der Waals surface area contributed by atoms with Gasteiger partial charge in [0.15, 0.2) is 0 Å². The molecule has 3 heteroatoms. The molecule has 0 atom stereocenters. The highest BCUT2D eigenvalue weighted by molar-refractivity contribution is 4.83. The van der Waals surface area contributed by atoms with Crippen LogP contribution in [0.1, 0.15) is 77.6 Å². The fourth-order valence-corrected chi connectivity index (χ4v) is 2.58. The van der Waals surface area contributed by atoms with Gasteiger partial charge in [0.25, 0.3) is 0 Å². The van der Waals surface area contributed by atoms with E-state index in [4.69, 9.17) is 5.53 Å². The van der Waals surface area contributed by atoms with Crippen molar-refractivity contribution in [3.63, 3.8) is 0 Å². The molecule has 0 unspecified atom stereocenters. The van der Waals surface area contributed by atoms with Crippen molar-refractivity contribution in [2.45, 2.75) is 83.1 Å². The Morgan fingerprint density at radius 2 is 1.19 bits per heavy atom. The van der Waals surface area contributed by atoms with Gasteiger partial charge >= 0.3 is 0 Å². The molecule has 0 N–H and O–H groups in total. The summed E-state index contributed by atoms with van der Waals surface area (Å²) in [5, 5.41) is 4.02. The SMILES string of the molecule is CC1(N=[N+]=[N-])CCCCCCCCCCC1. The monoisotopic (exact) mass is 223 g/mol. The standard InChI is InChI=1S/C13H25N3/c1-13(15-16-14)11-9-7-5-3-2-4-6-8-10-12-13/h2-12H2,1H3. The molecule has 1 aliphatic rings. The molecule has 3 nitrogen and oxygen atoms in total. The highest BCUT2D eigenvalue weighted by atomic mass is 15.2. The van der Waals surface area contributed by atoms with Crippen LogP contribution in [-0.4, -0.2) is 5.54 Å². The second-order valence-electron chi connectivity index (χ2n) is 5.37. The molecule has 92 valence electrons. The minimum atomic E-state index is -0.117. The molecule has 0 saturated heterocycles. The number of nitrogens with zero attached hydrogens (tertiary/aromatic N) is 3. The van der Waals surface area contributed by atoms with Crippen molar-refractivity contribution in [2.75, 3.05) is 0 Å². The zero-order valence-electron chi connectivity index (χ0n) is 10.6. The zero-order valence-corrected chi connectivity index (χ0v) is 10.6. The summed E-state index contributed by atoms with van der Waals surface area (Å²) >= 11 is 0. The average molecular weight is 223 g/mol. The van der Waals surface area contributed by atoms with E-state index >= 15 is 0 Å². The molecule has 0 heterocycles. The van der Waals surface area contributed by atoms with E-state index < -0.39 is 0 Å². The topological polar surface area (TPSA) is 48.8 Å². The Balaban J connectivity index is 2.44. The summed E-state index contributed by atoms with van der Waals surface area (Å²) in [7, 11) is 0. The molecule has 1 saturated carbocycles. The molecule has 0 aromatic heterocycles. The van der Waals surface area contributed by atoms with Crippen LogP contribution in [-0.2, 0) is 0 Å². The van der Waals surface area contributed by atoms with Gasteiger partial charge in [-0.1, -0.05) is 69.8 Å². The Kier molecular flexibility index (Phi) is 6.32. The number of hydrogen-bond donors (Lipinski definition) is 0. The smallest absolute Gasteiger partial charge is 0.0460 e. The highest BCUT2D eigenvalue weighted by Crippen LogP contribution is 2.27. The van der Waals surface area contributed by atoms with Crippen molar-refractivity contribution >= 4 is 0 Å². The maximum atomic E-state index is 8.63. The molecular formula is C13H25N3. The molecule has 0 radical (unpaired) electrons. The van der Waals surface area contributed by atoms with E-state index in [9.17, 15) is 0 Å². The van der Waals surface area contributed by atoms with E-state index in [-0.39, 0.29) is 5.54 Å². The molecule has 0 amide bonds. The van der Waals surface area contributed by atoms with Crippen LogP contribution in [0, 0.1) is 0 Å². The van der Waals surface area contributed by atoms with Crippen LogP contribution in [0.25, 0.3) is 10.4 Å². The van der Waals surface area contributed by atoms with Crippen LogP contribution in [0.2, 0.25) is 0 Å². The van der Waals surface area contributed by atoms with Gasteiger partial charge in [-0.15, -0.1) is 0 Å². The van der Waals surface area contributed by atoms with Crippen LogP contribution >= 0.6 is 0 Å². The van der Waals surface area contributed by atoms with E-state index in [1.165, 1.54) is 57.8 Å². The maximum Gasteiger partial charge on any atom is 0.0460 e. The predicted octanol–water partition coefficient (Wildman–Crippen LogP) is 5.36. The molecule has 0 spiro atoms. The first-order chi connectivity index (χ1) is 7.77. The molecule has 1 aliphatic carbocycles. The summed E-state index contributed by atoms with van der Waals surface area (Å²) in [6.07, 6.45) is 14.1. The Hall–Kier alpha value is -0.690. The molecule has 0 aromatic rings. The van der Waals surface area contributed by atoms with Gasteiger partial charge < -0.3 is 0 Å². The third kappa shape index (κ3) is 5.41. The second kappa shape index (κ2) is 7.56. The van der Waals surface area contributed by atoms with Crippen LogP contribution < -0.4 is 0 Å². The quantitative estimate of drug-likeness (QED) is 0.326. The number of rotatable bonds is 1. The zero-order chi connectivity index (χ0) is 11.7. The van der Waals surface area contributed by atoms with Crippen molar-refractivity contribution in [2.24, 2.45) is 5.11 Å². The second-order valence-corrected chi connectivity index (χ2v) is 5.37. The lowest BCUT2D eigenvalue weighted by Gasteiger charge is -2.24. The maximum absolute atomic E-state index is 8.63. The van der Waals surface area contributed by atoms with Gasteiger partial charge in [0.05, 0.1) is 0 Å². The van der Waals surface area contributed by atoms with Crippen molar-refractivity contribution in [3.8, 4) is 0 Å². The number of hydrogen-bond acceptors (Lipinski definition) is 1. The molecule has 1 fully saturated rings.